The van der Waals surface area contributed by atoms with E-state index >= 15 is 0 Å². The Bertz CT molecular complexity index is 442. The van der Waals surface area contributed by atoms with Crippen LogP contribution >= 0.6 is 0 Å². The van der Waals surface area contributed by atoms with Crippen molar-refractivity contribution in [3.63, 3.8) is 0 Å². The molecule has 0 N–H and O–H groups in total. The zero-order valence-corrected chi connectivity index (χ0v) is 11.8. The smallest absolute Gasteiger partial charge is 0.0991 e. The summed E-state index contributed by atoms with van der Waals surface area (Å²) >= 11 is 0. The van der Waals surface area contributed by atoms with Gasteiger partial charge in [-0.2, -0.15) is 5.26 Å². The third-order valence-corrected chi connectivity index (χ3v) is 4.34. The molecule has 1 saturated carbocycles. The Morgan fingerprint density at radius 1 is 1.16 bits per heavy atom. The van der Waals surface area contributed by atoms with Crippen molar-refractivity contribution >= 4 is 0 Å². The van der Waals surface area contributed by atoms with Gasteiger partial charge >= 0.3 is 0 Å². The lowest BCUT2D eigenvalue weighted by Gasteiger charge is -2.28. The van der Waals surface area contributed by atoms with Crippen LogP contribution in [0.1, 0.15) is 62.5 Å². The lowest BCUT2D eigenvalue weighted by Crippen LogP contribution is -2.13. The van der Waals surface area contributed by atoms with E-state index in [1.807, 2.05) is 12.1 Å². The van der Waals surface area contributed by atoms with E-state index in [9.17, 15) is 0 Å². The lowest BCUT2D eigenvalue weighted by atomic mass is 9.77. The number of nitriles is 1. The summed E-state index contributed by atoms with van der Waals surface area (Å²) in [7, 11) is 0. The van der Waals surface area contributed by atoms with Crippen LogP contribution in [0.25, 0.3) is 0 Å². The fraction of sp³-hybridized carbons (Fsp3) is 0.500. The zero-order chi connectivity index (χ0) is 13.5. The van der Waals surface area contributed by atoms with Crippen molar-refractivity contribution in [1.82, 2.24) is 0 Å². The minimum absolute atomic E-state index is 0.714. The van der Waals surface area contributed by atoms with Gasteiger partial charge in [-0.3, -0.25) is 0 Å². The van der Waals surface area contributed by atoms with Crippen LogP contribution in [0, 0.1) is 17.2 Å². The van der Waals surface area contributed by atoms with Crippen LogP contribution in [-0.2, 0) is 0 Å². The van der Waals surface area contributed by atoms with Crippen LogP contribution in [0.15, 0.2) is 36.4 Å². The minimum Gasteiger partial charge on any atom is -0.192 e. The number of allylic oxidation sites excluding steroid dienone is 2. The first-order valence-corrected chi connectivity index (χ1v) is 7.44. The molecule has 0 aliphatic heterocycles. The molecule has 1 aliphatic carbocycles. The van der Waals surface area contributed by atoms with Gasteiger partial charge in [-0.05, 0) is 75.0 Å². The van der Waals surface area contributed by atoms with Crippen LogP contribution in [0.4, 0.5) is 0 Å². The maximum Gasteiger partial charge on any atom is 0.0991 e. The molecule has 0 heterocycles. The summed E-state index contributed by atoms with van der Waals surface area (Å²) in [5, 5.41) is 8.82. The Kier molecular flexibility index (Phi) is 5.21. The maximum atomic E-state index is 8.82. The van der Waals surface area contributed by atoms with Crippen LogP contribution in [-0.4, -0.2) is 0 Å². The number of benzene rings is 1. The Morgan fingerprint density at radius 2 is 1.84 bits per heavy atom. The first kappa shape index (κ1) is 13.9. The van der Waals surface area contributed by atoms with Crippen molar-refractivity contribution in [2.75, 3.05) is 0 Å². The summed E-state index contributed by atoms with van der Waals surface area (Å²) in [6.45, 7) is 2.10. The fourth-order valence-electron chi connectivity index (χ4n) is 3.11. The number of hydrogen-bond acceptors (Lipinski definition) is 1. The van der Waals surface area contributed by atoms with E-state index in [0.717, 1.165) is 11.5 Å². The standard InChI is InChI=1S/C18H23N/c1-2-3-4-5-15-6-10-17(11-7-15)18-12-8-16(14-19)9-13-18/h2-3,8-9,12-13,15,17H,4-7,10-11H2,1H3. The molecule has 0 aromatic heterocycles. The molecule has 1 aromatic carbocycles. The van der Waals surface area contributed by atoms with Crippen LogP contribution in [0.3, 0.4) is 0 Å². The second-order valence-corrected chi connectivity index (χ2v) is 5.60. The van der Waals surface area contributed by atoms with E-state index in [0.29, 0.717) is 5.92 Å². The van der Waals surface area contributed by atoms with Gasteiger partial charge in [0.2, 0.25) is 0 Å². The highest BCUT2D eigenvalue weighted by Crippen LogP contribution is 2.37. The predicted molar refractivity (Wildman–Crippen MR) is 79.9 cm³/mol. The average Bonchev–Trinajstić information content (AvgIpc) is 2.48. The average molecular weight is 253 g/mol. The number of hydrogen-bond donors (Lipinski definition) is 0. The molecule has 1 aliphatic rings. The summed E-state index contributed by atoms with van der Waals surface area (Å²) in [6.07, 6.45) is 12.4. The van der Waals surface area contributed by atoms with Gasteiger partial charge in [0.25, 0.3) is 0 Å². The van der Waals surface area contributed by atoms with Gasteiger partial charge in [0, 0.05) is 0 Å². The molecular formula is C18H23N. The summed E-state index contributed by atoms with van der Waals surface area (Å²) in [5.74, 6) is 1.64. The normalized spacial score (nSPS) is 23.4. The zero-order valence-electron chi connectivity index (χ0n) is 11.8. The Hall–Kier alpha value is -1.55. The van der Waals surface area contributed by atoms with E-state index < -0.39 is 0 Å². The summed E-state index contributed by atoms with van der Waals surface area (Å²) in [4.78, 5) is 0. The molecule has 0 spiro atoms. The monoisotopic (exact) mass is 253 g/mol. The van der Waals surface area contributed by atoms with Gasteiger partial charge < -0.3 is 0 Å². The maximum absolute atomic E-state index is 8.82. The Labute approximate surface area is 117 Å². The topological polar surface area (TPSA) is 23.8 Å². The van der Waals surface area contributed by atoms with Crippen molar-refractivity contribution < 1.29 is 0 Å². The fourth-order valence-corrected chi connectivity index (χ4v) is 3.11. The number of nitrogens with zero attached hydrogens (tertiary/aromatic N) is 1. The van der Waals surface area contributed by atoms with Gasteiger partial charge in [-0.1, -0.05) is 24.3 Å². The quantitative estimate of drug-likeness (QED) is 0.677. The predicted octanol–water partition coefficient (Wildman–Crippen LogP) is 5.19. The van der Waals surface area contributed by atoms with E-state index in [1.54, 1.807) is 0 Å². The largest absolute Gasteiger partial charge is 0.192 e. The first-order valence-electron chi connectivity index (χ1n) is 7.44. The molecule has 1 aromatic rings. The van der Waals surface area contributed by atoms with E-state index in [-0.39, 0.29) is 0 Å². The van der Waals surface area contributed by atoms with Crippen molar-refractivity contribution in [3.8, 4) is 6.07 Å². The molecule has 1 nitrogen and oxygen atoms in total. The number of rotatable bonds is 4. The molecule has 100 valence electrons. The molecule has 0 atom stereocenters. The lowest BCUT2D eigenvalue weighted by molar-refractivity contribution is 0.312. The highest BCUT2D eigenvalue weighted by Gasteiger charge is 2.21. The molecular weight excluding hydrogens is 230 g/mol. The third-order valence-electron chi connectivity index (χ3n) is 4.34. The summed E-state index contributed by atoms with van der Waals surface area (Å²) < 4.78 is 0. The SMILES string of the molecule is CC=CCCC1CCC(c2ccc(C#N)cc2)CC1. The van der Waals surface area contributed by atoms with Crippen LogP contribution < -0.4 is 0 Å². The Morgan fingerprint density at radius 3 is 2.42 bits per heavy atom. The second kappa shape index (κ2) is 7.14. The van der Waals surface area contributed by atoms with Gasteiger partial charge in [0.1, 0.15) is 0 Å². The molecule has 0 amide bonds. The molecule has 0 unspecified atom stereocenters. The van der Waals surface area contributed by atoms with Crippen LogP contribution in [0.2, 0.25) is 0 Å². The molecule has 0 saturated heterocycles. The summed E-state index contributed by atoms with van der Waals surface area (Å²) in [6, 6.07) is 10.4. The van der Waals surface area contributed by atoms with Crippen molar-refractivity contribution in [3.05, 3.63) is 47.5 Å². The first-order chi connectivity index (χ1) is 9.33. The minimum atomic E-state index is 0.714. The second-order valence-electron chi connectivity index (χ2n) is 5.60. The highest BCUT2D eigenvalue weighted by molar-refractivity contribution is 5.33. The van der Waals surface area contributed by atoms with Crippen molar-refractivity contribution in [2.24, 2.45) is 5.92 Å². The molecule has 19 heavy (non-hydrogen) atoms. The molecule has 0 bridgehead atoms. The van der Waals surface area contributed by atoms with Crippen LogP contribution in [0.5, 0.6) is 0 Å². The molecule has 0 radical (unpaired) electrons. The third kappa shape index (κ3) is 3.96. The molecule has 2 rings (SSSR count). The summed E-state index contributed by atoms with van der Waals surface area (Å²) in [5.41, 5.74) is 2.19. The van der Waals surface area contributed by atoms with Crippen molar-refractivity contribution in [2.45, 2.75) is 51.4 Å². The van der Waals surface area contributed by atoms with E-state index in [4.69, 9.17) is 5.26 Å². The molecule has 1 heteroatoms. The van der Waals surface area contributed by atoms with Crippen molar-refractivity contribution in [1.29, 1.82) is 5.26 Å². The Balaban J connectivity index is 1.83. The highest BCUT2D eigenvalue weighted by atomic mass is 14.3. The van der Waals surface area contributed by atoms with Gasteiger partial charge in [0.15, 0.2) is 0 Å². The van der Waals surface area contributed by atoms with Gasteiger partial charge in [0.05, 0.1) is 11.6 Å². The van der Waals surface area contributed by atoms with Gasteiger partial charge in [-0.25, -0.2) is 0 Å². The van der Waals surface area contributed by atoms with E-state index in [1.165, 1.54) is 44.1 Å². The molecule has 1 fully saturated rings. The van der Waals surface area contributed by atoms with E-state index in [2.05, 4.69) is 37.3 Å². The van der Waals surface area contributed by atoms with Gasteiger partial charge in [-0.15, -0.1) is 0 Å².